The first kappa shape index (κ1) is 25.7. The Balaban J connectivity index is 1.60. The number of rotatable bonds is 7. The molecule has 2 aliphatic rings. The van der Waals surface area contributed by atoms with E-state index < -0.39 is 36.4 Å². The molecule has 1 saturated heterocycles. The van der Waals surface area contributed by atoms with Gasteiger partial charge in [0.05, 0.1) is 23.8 Å². The summed E-state index contributed by atoms with van der Waals surface area (Å²) in [6, 6.07) is 12.7. The Labute approximate surface area is 213 Å². The van der Waals surface area contributed by atoms with Crippen LogP contribution < -0.4 is 15.5 Å². The number of halogens is 1. The maximum Gasteiger partial charge on any atom is 0.329 e. The van der Waals surface area contributed by atoms with Crippen molar-refractivity contribution in [3.63, 3.8) is 0 Å². The minimum absolute atomic E-state index is 0.341. The van der Waals surface area contributed by atoms with Gasteiger partial charge in [0.1, 0.15) is 12.7 Å². The van der Waals surface area contributed by atoms with Crippen LogP contribution in [0.25, 0.3) is 0 Å². The molecule has 0 saturated carbocycles. The normalized spacial score (nSPS) is 17.4. The highest BCUT2D eigenvalue weighted by Crippen LogP contribution is 2.48. The molecule has 2 aromatic carbocycles. The minimum atomic E-state index is -1.29. The Morgan fingerprint density at radius 2 is 1.67 bits per heavy atom. The molecule has 0 aromatic heterocycles. The number of amides is 4. The van der Waals surface area contributed by atoms with Gasteiger partial charge in [-0.25, -0.2) is 9.18 Å². The van der Waals surface area contributed by atoms with Gasteiger partial charge in [0.15, 0.2) is 5.78 Å². The van der Waals surface area contributed by atoms with E-state index >= 15 is 0 Å². The van der Waals surface area contributed by atoms with Crippen molar-refractivity contribution < 1.29 is 23.6 Å². The van der Waals surface area contributed by atoms with Gasteiger partial charge in [-0.05, 0) is 50.5 Å². The lowest BCUT2D eigenvalue weighted by molar-refractivity contribution is -0.133. The zero-order valence-corrected chi connectivity index (χ0v) is 20.9. The predicted molar refractivity (Wildman–Crippen MR) is 135 cm³/mol. The zero-order chi connectivity index (χ0) is 25.7. The first-order valence-electron chi connectivity index (χ1n) is 12.1. The van der Waals surface area contributed by atoms with Gasteiger partial charge in [0.25, 0.3) is 0 Å². The molecule has 2 N–H and O–H groups in total. The van der Waals surface area contributed by atoms with Crippen LogP contribution in [0.2, 0.25) is 0 Å². The first-order valence-corrected chi connectivity index (χ1v) is 12.9. The Morgan fingerprint density at radius 3 is 2.28 bits per heavy atom. The number of urea groups is 1. The SMILES string of the molecule is CCNC(=O)CC(NC(=O)C1CCCCN1C(=O)N1c2ccccc2Sc2ccccc21)C(=O)CF. The second-order valence-electron chi connectivity index (χ2n) is 8.68. The standard InChI is InChI=1S/C26H29FN4O4S/c1-2-28-24(33)15-17(21(32)16-27)29-25(34)20-11-7-8-14-30(20)26(35)31-18-9-3-5-12-22(18)36-23-13-6-4-10-19(23)31/h3-6,9-10,12-13,17,20H,2,7-8,11,14-16H2,1H3,(H,28,33)(H,29,34). The number of carbonyl (C=O) groups is 4. The molecule has 8 nitrogen and oxygen atoms in total. The maximum atomic E-state index is 14.0. The van der Waals surface area contributed by atoms with Crippen LogP contribution in [0, 0.1) is 0 Å². The molecular formula is C26H29FN4O4S. The predicted octanol–water partition coefficient (Wildman–Crippen LogP) is 3.81. The molecule has 10 heteroatoms. The average Bonchev–Trinajstić information content (AvgIpc) is 2.90. The van der Waals surface area contributed by atoms with E-state index in [0.717, 1.165) is 34.0 Å². The summed E-state index contributed by atoms with van der Waals surface area (Å²) in [4.78, 5) is 56.5. The Morgan fingerprint density at radius 1 is 1.03 bits per heavy atom. The number of hydrogen-bond acceptors (Lipinski definition) is 5. The van der Waals surface area contributed by atoms with E-state index in [1.807, 2.05) is 48.5 Å². The van der Waals surface area contributed by atoms with Crippen molar-refractivity contribution in [2.45, 2.75) is 54.5 Å². The van der Waals surface area contributed by atoms with Crippen molar-refractivity contribution >= 4 is 46.8 Å². The van der Waals surface area contributed by atoms with Gasteiger partial charge in [-0.3, -0.25) is 19.3 Å². The van der Waals surface area contributed by atoms with E-state index in [4.69, 9.17) is 0 Å². The molecule has 0 spiro atoms. The summed E-state index contributed by atoms with van der Waals surface area (Å²) in [5.41, 5.74) is 1.47. The third-order valence-electron chi connectivity index (χ3n) is 6.27. The second-order valence-corrected chi connectivity index (χ2v) is 9.76. The molecular weight excluding hydrogens is 483 g/mol. The van der Waals surface area contributed by atoms with Crippen LogP contribution in [0.5, 0.6) is 0 Å². The molecule has 2 aromatic rings. The molecule has 0 radical (unpaired) electrons. The smallest absolute Gasteiger partial charge is 0.329 e. The van der Waals surface area contributed by atoms with Crippen molar-refractivity contribution in [3.8, 4) is 0 Å². The third kappa shape index (κ3) is 5.38. The molecule has 2 aliphatic heterocycles. The number of piperidine rings is 1. The van der Waals surface area contributed by atoms with Gasteiger partial charge < -0.3 is 15.5 Å². The van der Waals surface area contributed by atoms with Crippen molar-refractivity contribution in [1.29, 1.82) is 0 Å². The number of likely N-dealkylation sites (tertiary alicyclic amines) is 1. The van der Waals surface area contributed by atoms with Crippen LogP contribution in [0.1, 0.15) is 32.6 Å². The summed E-state index contributed by atoms with van der Waals surface area (Å²) in [6.45, 7) is 1.15. The molecule has 0 bridgehead atoms. The summed E-state index contributed by atoms with van der Waals surface area (Å²) in [6.07, 6.45) is 1.50. The van der Waals surface area contributed by atoms with E-state index in [9.17, 15) is 23.6 Å². The average molecular weight is 513 g/mol. The Kier molecular flexibility index (Phi) is 8.25. The molecule has 4 rings (SSSR count). The number of Topliss-reactive ketones (excluding diaryl/α,β-unsaturated/α-hetero) is 1. The monoisotopic (exact) mass is 512 g/mol. The molecule has 1 fully saturated rings. The number of benzene rings is 2. The molecule has 4 amide bonds. The van der Waals surface area contributed by atoms with Gasteiger partial charge in [-0.2, -0.15) is 0 Å². The van der Waals surface area contributed by atoms with Crippen LogP contribution in [0.15, 0.2) is 58.3 Å². The van der Waals surface area contributed by atoms with E-state index in [2.05, 4.69) is 10.6 Å². The summed E-state index contributed by atoms with van der Waals surface area (Å²) in [5, 5.41) is 5.11. The van der Waals surface area contributed by atoms with E-state index in [-0.39, 0.29) is 12.5 Å². The van der Waals surface area contributed by atoms with Gasteiger partial charge in [0.2, 0.25) is 11.8 Å². The molecule has 2 unspecified atom stereocenters. The van der Waals surface area contributed by atoms with Gasteiger partial charge in [0, 0.05) is 22.9 Å². The highest BCUT2D eigenvalue weighted by molar-refractivity contribution is 7.99. The number of para-hydroxylation sites is 2. The lowest BCUT2D eigenvalue weighted by Gasteiger charge is -2.40. The summed E-state index contributed by atoms with van der Waals surface area (Å²) >= 11 is 1.58. The molecule has 36 heavy (non-hydrogen) atoms. The number of nitrogens with one attached hydrogen (secondary N) is 2. The highest BCUT2D eigenvalue weighted by atomic mass is 32.2. The lowest BCUT2D eigenvalue weighted by atomic mass is 10.00. The number of nitrogens with zero attached hydrogens (tertiary/aromatic N) is 2. The summed E-state index contributed by atoms with van der Waals surface area (Å²) < 4.78 is 13.2. The van der Waals surface area contributed by atoms with Crippen LogP contribution in [-0.2, 0) is 14.4 Å². The fourth-order valence-corrected chi connectivity index (χ4v) is 5.59. The second kappa shape index (κ2) is 11.6. The number of ketones is 1. The van der Waals surface area contributed by atoms with E-state index in [0.29, 0.717) is 19.5 Å². The van der Waals surface area contributed by atoms with Gasteiger partial charge in [-0.15, -0.1) is 0 Å². The topological polar surface area (TPSA) is 98.8 Å². The highest BCUT2D eigenvalue weighted by Gasteiger charge is 2.39. The Bertz CT molecular complexity index is 1110. The van der Waals surface area contributed by atoms with Crippen LogP contribution >= 0.6 is 11.8 Å². The minimum Gasteiger partial charge on any atom is -0.356 e. The van der Waals surface area contributed by atoms with Crippen LogP contribution in [0.3, 0.4) is 0 Å². The summed E-state index contributed by atoms with van der Waals surface area (Å²) in [5.74, 6) is -1.90. The molecule has 190 valence electrons. The molecule has 2 heterocycles. The number of alkyl halides is 1. The molecule has 2 atom stereocenters. The van der Waals surface area contributed by atoms with Crippen molar-refractivity contribution in [1.82, 2.24) is 15.5 Å². The largest absolute Gasteiger partial charge is 0.356 e. The van der Waals surface area contributed by atoms with Crippen LogP contribution in [0.4, 0.5) is 20.6 Å². The Hall–Kier alpha value is -3.40. The molecule has 0 aliphatic carbocycles. The third-order valence-corrected chi connectivity index (χ3v) is 7.41. The van der Waals surface area contributed by atoms with Gasteiger partial charge >= 0.3 is 6.03 Å². The number of fused-ring (bicyclic) bond motifs is 2. The first-order chi connectivity index (χ1) is 17.4. The summed E-state index contributed by atoms with van der Waals surface area (Å²) in [7, 11) is 0. The fourth-order valence-electron chi connectivity index (χ4n) is 4.53. The quantitative estimate of drug-likeness (QED) is 0.588. The van der Waals surface area contributed by atoms with Crippen molar-refractivity contribution in [2.24, 2.45) is 0 Å². The van der Waals surface area contributed by atoms with Crippen molar-refractivity contribution in [2.75, 3.05) is 24.7 Å². The number of hydrogen-bond donors (Lipinski definition) is 2. The maximum absolute atomic E-state index is 14.0. The van der Waals surface area contributed by atoms with E-state index in [1.165, 1.54) is 4.90 Å². The number of carbonyl (C=O) groups excluding carboxylic acids is 4. The number of anilines is 2. The van der Waals surface area contributed by atoms with Crippen molar-refractivity contribution in [3.05, 3.63) is 48.5 Å². The zero-order valence-electron chi connectivity index (χ0n) is 20.0. The fraction of sp³-hybridized carbons (Fsp3) is 0.385. The van der Waals surface area contributed by atoms with E-state index in [1.54, 1.807) is 23.6 Å². The van der Waals surface area contributed by atoms with Gasteiger partial charge in [-0.1, -0.05) is 36.0 Å². The lowest BCUT2D eigenvalue weighted by Crippen LogP contribution is -2.57. The van der Waals surface area contributed by atoms with Crippen LogP contribution in [-0.4, -0.2) is 60.4 Å².